The van der Waals surface area contributed by atoms with Gasteiger partial charge in [0.2, 0.25) is 11.8 Å². The van der Waals surface area contributed by atoms with Crippen molar-refractivity contribution in [1.82, 2.24) is 15.1 Å². The van der Waals surface area contributed by atoms with Crippen LogP contribution in [0.5, 0.6) is 0 Å². The highest BCUT2D eigenvalue weighted by Gasteiger charge is 2.43. The van der Waals surface area contributed by atoms with Gasteiger partial charge in [-0.05, 0) is 45.7 Å². The van der Waals surface area contributed by atoms with Gasteiger partial charge in [-0.1, -0.05) is 53.5 Å². The van der Waals surface area contributed by atoms with Crippen LogP contribution < -0.4 is 5.32 Å². The van der Waals surface area contributed by atoms with Crippen molar-refractivity contribution in [3.05, 3.63) is 11.6 Å². The van der Waals surface area contributed by atoms with Gasteiger partial charge < -0.3 is 15.3 Å². The van der Waals surface area contributed by atoms with E-state index < -0.39 is 11.5 Å². The summed E-state index contributed by atoms with van der Waals surface area (Å²) in [6.07, 6.45) is 5.20. The quantitative estimate of drug-likeness (QED) is 0.583. The molecule has 0 heterocycles. The van der Waals surface area contributed by atoms with Crippen LogP contribution in [-0.4, -0.2) is 72.0 Å². The number of amides is 2. The van der Waals surface area contributed by atoms with Crippen LogP contribution in [0.1, 0.15) is 67.2 Å². The third kappa shape index (κ3) is 8.46. The average Bonchev–Trinajstić information content (AvgIpc) is 3.13. The Hall–Kier alpha value is -1.89. The van der Waals surface area contributed by atoms with Gasteiger partial charge >= 0.3 is 5.97 Å². The molecule has 0 unspecified atom stereocenters. The molecule has 1 fully saturated rings. The predicted molar refractivity (Wildman–Crippen MR) is 121 cm³/mol. The Balaban J connectivity index is 0.00000192. The first kappa shape index (κ1) is 28.1. The molecule has 2 amide bonds. The molecule has 1 atom stereocenters. The first-order valence-corrected chi connectivity index (χ1v) is 10.9. The van der Waals surface area contributed by atoms with Crippen molar-refractivity contribution in [3.63, 3.8) is 0 Å². The van der Waals surface area contributed by atoms with E-state index in [1.807, 2.05) is 32.8 Å². The van der Waals surface area contributed by atoms with E-state index in [9.17, 15) is 14.4 Å². The summed E-state index contributed by atoms with van der Waals surface area (Å²) >= 11 is 0. The van der Waals surface area contributed by atoms with E-state index >= 15 is 0 Å². The van der Waals surface area contributed by atoms with Gasteiger partial charge in [-0.15, -0.1) is 0 Å². The molecule has 0 aromatic carbocycles. The van der Waals surface area contributed by atoms with Crippen molar-refractivity contribution < 1.29 is 19.5 Å². The molecular formula is C23H43N3O4. The topological polar surface area (TPSA) is 90.0 Å². The number of carboxylic acids is 1. The molecule has 0 aliphatic heterocycles. The van der Waals surface area contributed by atoms with Crippen molar-refractivity contribution in [2.75, 3.05) is 27.7 Å². The Bertz CT molecular complexity index is 603. The van der Waals surface area contributed by atoms with Crippen LogP contribution >= 0.6 is 0 Å². The van der Waals surface area contributed by atoms with Crippen LogP contribution in [0.15, 0.2) is 11.6 Å². The zero-order valence-electron chi connectivity index (χ0n) is 20.4. The van der Waals surface area contributed by atoms with Crippen molar-refractivity contribution in [2.45, 2.75) is 78.8 Å². The summed E-state index contributed by atoms with van der Waals surface area (Å²) in [6, 6.07) is -0.343. The molecule has 1 aliphatic rings. The van der Waals surface area contributed by atoms with Crippen LogP contribution in [0.25, 0.3) is 0 Å². The Kier molecular flexibility index (Phi) is 11.9. The lowest BCUT2D eigenvalue weighted by molar-refractivity contribution is -0.137. The highest BCUT2D eigenvalue weighted by molar-refractivity contribution is 5.91. The van der Waals surface area contributed by atoms with E-state index in [0.717, 1.165) is 31.6 Å². The number of carboxylic acid groups (broad SMARTS) is 1. The van der Waals surface area contributed by atoms with Gasteiger partial charge in [0.25, 0.3) is 0 Å². The molecule has 0 aromatic heterocycles. The number of rotatable bonds is 8. The fourth-order valence-electron chi connectivity index (χ4n) is 3.53. The second kappa shape index (κ2) is 12.7. The standard InChI is InChI=1S/C19H33N3O4.C4H10/c1-13(2)15(11-14(3)17(24)25)22(6)16(23)12-20-18(26)19(21(4)5)9-7-8-10-19;1-4(2)3/h11,13,15H,7-10,12H2,1-6H3,(H,20,26)(H,24,25);4H,1-3H3/b14-11+;/t15-;/m1./s1. The monoisotopic (exact) mass is 425 g/mol. The van der Waals surface area contributed by atoms with Gasteiger partial charge in [0, 0.05) is 12.6 Å². The normalized spacial score (nSPS) is 16.9. The number of likely N-dealkylation sites (N-methyl/N-ethyl adjacent to an activating group) is 2. The van der Waals surface area contributed by atoms with Crippen LogP contribution in [-0.2, 0) is 14.4 Å². The fourth-order valence-corrected chi connectivity index (χ4v) is 3.53. The third-order valence-corrected chi connectivity index (χ3v) is 5.39. The van der Waals surface area contributed by atoms with Gasteiger partial charge in [0.1, 0.15) is 0 Å². The summed E-state index contributed by atoms with van der Waals surface area (Å²) < 4.78 is 0. The highest BCUT2D eigenvalue weighted by atomic mass is 16.4. The first-order valence-electron chi connectivity index (χ1n) is 10.9. The zero-order valence-corrected chi connectivity index (χ0v) is 20.4. The molecule has 0 saturated heterocycles. The molecule has 7 nitrogen and oxygen atoms in total. The Morgan fingerprint density at radius 1 is 1.03 bits per heavy atom. The van der Waals surface area contributed by atoms with E-state index in [0.29, 0.717) is 0 Å². The Morgan fingerprint density at radius 3 is 1.87 bits per heavy atom. The number of carbonyl (C=O) groups excluding carboxylic acids is 2. The molecule has 0 bridgehead atoms. The SMILES string of the molecule is C/C(=C\[C@H](C(C)C)N(C)C(=O)CNC(=O)C1(N(C)C)CCCC1)C(=O)O.CC(C)C. The maximum absolute atomic E-state index is 12.7. The van der Waals surface area contributed by atoms with Gasteiger partial charge in [-0.2, -0.15) is 0 Å². The summed E-state index contributed by atoms with van der Waals surface area (Å²) in [5.74, 6) is -0.464. The summed E-state index contributed by atoms with van der Waals surface area (Å²) in [5, 5.41) is 11.9. The number of nitrogens with one attached hydrogen (secondary N) is 1. The van der Waals surface area contributed by atoms with Crippen LogP contribution in [0.3, 0.4) is 0 Å². The molecule has 1 saturated carbocycles. The van der Waals surface area contributed by atoms with E-state index in [1.54, 1.807) is 13.1 Å². The van der Waals surface area contributed by atoms with Gasteiger partial charge in [-0.25, -0.2) is 4.79 Å². The minimum Gasteiger partial charge on any atom is -0.478 e. The smallest absolute Gasteiger partial charge is 0.331 e. The molecule has 0 aromatic rings. The molecule has 2 N–H and O–H groups in total. The average molecular weight is 426 g/mol. The second-order valence-electron chi connectivity index (χ2n) is 9.44. The molecule has 7 heteroatoms. The highest BCUT2D eigenvalue weighted by Crippen LogP contribution is 2.33. The number of nitrogens with zero attached hydrogens (tertiary/aromatic N) is 2. The summed E-state index contributed by atoms with van der Waals surface area (Å²) in [7, 11) is 5.43. The minimum absolute atomic E-state index is 0.0527. The van der Waals surface area contributed by atoms with Gasteiger partial charge in [0.15, 0.2) is 0 Å². The maximum atomic E-state index is 12.7. The summed E-state index contributed by atoms with van der Waals surface area (Å²) in [5.41, 5.74) is -0.333. The fraction of sp³-hybridized carbons (Fsp3) is 0.783. The second-order valence-corrected chi connectivity index (χ2v) is 9.44. The molecule has 174 valence electrons. The Morgan fingerprint density at radius 2 is 1.50 bits per heavy atom. The molecule has 0 spiro atoms. The van der Waals surface area contributed by atoms with E-state index in [-0.39, 0.29) is 35.9 Å². The van der Waals surface area contributed by atoms with Crippen molar-refractivity contribution in [3.8, 4) is 0 Å². The number of hydrogen-bond acceptors (Lipinski definition) is 4. The Labute approximate surface area is 182 Å². The van der Waals surface area contributed by atoms with Crippen LogP contribution in [0.2, 0.25) is 0 Å². The van der Waals surface area contributed by atoms with Crippen LogP contribution in [0, 0.1) is 11.8 Å². The lowest BCUT2D eigenvalue weighted by Gasteiger charge is -2.35. The van der Waals surface area contributed by atoms with E-state index in [2.05, 4.69) is 26.1 Å². The molecule has 1 aliphatic carbocycles. The lowest BCUT2D eigenvalue weighted by Crippen LogP contribution is -2.56. The first-order chi connectivity index (χ1) is 13.8. The van der Waals surface area contributed by atoms with E-state index in [4.69, 9.17) is 5.11 Å². The van der Waals surface area contributed by atoms with Crippen molar-refractivity contribution in [1.29, 1.82) is 0 Å². The van der Waals surface area contributed by atoms with Gasteiger partial charge in [-0.3, -0.25) is 14.5 Å². The zero-order chi connectivity index (χ0) is 23.6. The molecule has 1 rings (SSSR count). The van der Waals surface area contributed by atoms with Gasteiger partial charge in [0.05, 0.1) is 18.1 Å². The van der Waals surface area contributed by atoms with Crippen molar-refractivity contribution >= 4 is 17.8 Å². The maximum Gasteiger partial charge on any atom is 0.331 e. The van der Waals surface area contributed by atoms with E-state index in [1.165, 1.54) is 11.8 Å². The molecular weight excluding hydrogens is 382 g/mol. The minimum atomic E-state index is -1.00. The lowest BCUT2D eigenvalue weighted by atomic mass is 9.95. The summed E-state index contributed by atoms with van der Waals surface area (Å²) in [4.78, 5) is 39.8. The molecule has 0 radical (unpaired) electrons. The third-order valence-electron chi connectivity index (χ3n) is 5.39. The number of hydrogen-bond donors (Lipinski definition) is 2. The van der Waals surface area contributed by atoms with Crippen LogP contribution in [0.4, 0.5) is 0 Å². The largest absolute Gasteiger partial charge is 0.478 e. The molecule has 30 heavy (non-hydrogen) atoms. The number of carbonyl (C=O) groups is 3. The summed E-state index contributed by atoms with van der Waals surface area (Å²) in [6.45, 7) is 11.8. The van der Waals surface area contributed by atoms with Crippen molar-refractivity contribution in [2.24, 2.45) is 11.8 Å². The predicted octanol–water partition coefficient (Wildman–Crippen LogP) is 3.15. The number of aliphatic carboxylic acids is 1.